The van der Waals surface area contributed by atoms with Gasteiger partial charge < -0.3 is 10.2 Å². The van der Waals surface area contributed by atoms with Gasteiger partial charge in [0.05, 0.1) is 5.56 Å². The summed E-state index contributed by atoms with van der Waals surface area (Å²) in [7, 11) is 0. The Morgan fingerprint density at radius 2 is 1.82 bits per heavy atom. The third-order valence-electron chi connectivity index (χ3n) is 5.68. The summed E-state index contributed by atoms with van der Waals surface area (Å²) < 4.78 is 67.7. The molecule has 0 saturated carbocycles. The number of rotatable bonds is 6. The molecule has 2 aromatic heterocycles. The van der Waals surface area contributed by atoms with Crippen molar-refractivity contribution < 1.29 is 26.7 Å². The van der Waals surface area contributed by atoms with Crippen molar-refractivity contribution in [3.05, 3.63) is 59.7 Å². The molecular weight excluding hydrogens is 459 g/mol. The van der Waals surface area contributed by atoms with Gasteiger partial charge in [0.1, 0.15) is 6.04 Å². The molecule has 0 radical (unpaired) electrons. The van der Waals surface area contributed by atoms with Gasteiger partial charge in [0.15, 0.2) is 12.1 Å². The molecule has 12 heteroatoms. The molecule has 0 spiro atoms. The summed E-state index contributed by atoms with van der Waals surface area (Å²) in [5.41, 5.74) is 0.773. The average Bonchev–Trinajstić information content (AvgIpc) is 3.11. The maximum atomic E-state index is 14.8. The molecule has 4 rings (SSSR count). The van der Waals surface area contributed by atoms with Crippen LogP contribution in [0.25, 0.3) is 11.4 Å². The van der Waals surface area contributed by atoms with Crippen molar-refractivity contribution >= 4 is 17.9 Å². The largest absolute Gasteiger partial charge is 0.419 e. The van der Waals surface area contributed by atoms with Crippen molar-refractivity contribution in [2.24, 2.45) is 0 Å². The van der Waals surface area contributed by atoms with Gasteiger partial charge >= 0.3 is 6.18 Å². The first-order valence-electron chi connectivity index (χ1n) is 10.3. The average molecular weight is 478 g/mol. The van der Waals surface area contributed by atoms with E-state index in [0.29, 0.717) is 46.9 Å². The molecule has 7 nitrogen and oxygen atoms in total. The molecule has 0 bridgehead atoms. The van der Waals surface area contributed by atoms with Gasteiger partial charge in [-0.15, -0.1) is 0 Å². The van der Waals surface area contributed by atoms with Crippen LogP contribution in [0.15, 0.2) is 43.0 Å². The Kier molecular flexibility index (Phi) is 6.15. The molecule has 1 fully saturated rings. The molecule has 178 valence electrons. The number of carbonyl (C=O) groups excluding carboxylic acids is 1. The van der Waals surface area contributed by atoms with E-state index in [1.54, 1.807) is 19.1 Å². The first-order chi connectivity index (χ1) is 16.1. The van der Waals surface area contributed by atoms with Crippen molar-refractivity contribution in [3.8, 4) is 11.4 Å². The molecule has 0 amide bonds. The van der Waals surface area contributed by atoms with Gasteiger partial charge in [0.2, 0.25) is 5.95 Å². The van der Waals surface area contributed by atoms with Crippen molar-refractivity contribution in [3.63, 3.8) is 0 Å². The van der Waals surface area contributed by atoms with E-state index in [0.717, 1.165) is 0 Å². The van der Waals surface area contributed by atoms with E-state index in [1.807, 2.05) is 0 Å². The standard InChI is InChI=1S/C22H19F5N6O/c1-13-16(4-3-14(12-34)18(13)19-28-6-2-7-29-19)33-8-5-21(23,24)17(33)11-32-20-30-9-15(10-31-20)22(25,26)27/h2-4,6-7,9-10,12,17H,5,8,11H2,1H3,(H,30,31,32)/t17-/m1/s1. The van der Waals surface area contributed by atoms with E-state index in [2.05, 4.69) is 25.3 Å². The van der Waals surface area contributed by atoms with E-state index < -0.39 is 30.1 Å². The number of hydrogen-bond acceptors (Lipinski definition) is 7. The molecule has 1 aliphatic rings. The Morgan fingerprint density at radius 3 is 2.44 bits per heavy atom. The number of nitrogens with zero attached hydrogens (tertiary/aromatic N) is 5. The van der Waals surface area contributed by atoms with Crippen molar-refractivity contribution in [1.82, 2.24) is 19.9 Å². The van der Waals surface area contributed by atoms with Crippen LogP contribution >= 0.6 is 0 Å². The fourth-order valence-corrected chi connectivity index (χ4v) is 3.98. The van der Waals surface area contributed by atoms with Gasteiger partial charge in [-0.2, -0.15) is 13.2 Å². The lowest BCUT2D eigenvalue weighted by molar-refractivity contribution is -0.138. The maximum Gasteiger partial charge on any atom is 0.419 e. The van der Waals surface area contributed by atoms with Crippen molar-refractivity contribution in [1.29, 1.82) is 0 Å². The molecule has 0 aliphatic carbocycles. The molecular formula is C22H19F5N6O. The van der Waals surface area contributed by atoms with E-state index >= 15 is 0 Å². The van der Waals surface area contributed by atoms with E-state index in [1.165, 1.54) is 23.4 Å². The van der Waals surface area contributed by atoms with Gasteiger partial charge in [-0.05, 0) is 30.7 Å². The quantitative estimate of drug-likeness (QED) is 0.415. The highest BCUT2D eigenvalue weighted by molar-refractivity contribution is 5.90. The molecule has 1 aliphatic heterocycles. The lowest BCUT2D eigenvalue weighted by Gasteiger charge is -2.31. The monoisotopic (exact) mass is 478 g/mol. The molecule has 1 atom stereocenters. The van der Waals surface area contributed by atoms with Crippen molar-refractivity contribution in [2.75, 3.05) is 23.3 Å². The molecule has 0 unspecified atom stereocenters. The summed E-state index contributed by atoms with van der Waals surface area (Å²) in [6.45, 7) is 1.42. The number of alkyl halides is 5. The highest BCUT2D eigenvalue weighted by Gasteiger charge is 2.49. The second-order valence-corrected chi connectivity index (χ2v) is 7.76. The maximum absolute atomic E-state index is 14.8. The molecule has 1 saturated heterocycles. The zero-order valence-corrected chi connectivity index (χ0v) is 17.9. The Labute approximate surface area is 191 Å². The van der Waals surface area contributed by atoms with Crippen molar-refractivity contribution in [2.45, 2.75) is 31.5 Å². The molecule has 3 aromatic rings. The third kappa shape index (κ3) is 4.52. The number of carbonyl (C=O) groups is 1. The predicted molar refractivity (Wildman–Crippen MR) is 114 cm³/mol. The minimum Gasteiger partial charge on any atom is -0.360 e. The summed E-state index contributed by atoms with van der Waals surface area (Å²) in [4.78, 5) is 28.7. The first-order valence-corrected chi connectivity index (χ1v) is 10.3. The van der Waals surface area contributed by atoms with Crippen LogP contribution in [-0.4, -0.2) is 51.3 Å². The summed E-state index contributed by atoms with van der Waals surface area (Å²) >= 11 is 0. The van der Waals surface area contributed by atoms with Crippen LogP contribution in [0.3, 0.4) is 0 Å². The minimum absolute atomic E-state index is 0.0313. The summed E-state index contributed by atoms with van der Waals surface area (Å²) in [6, 6.07) is 3.41. The van der Waals surface area contributed by atoms with Crippen LogP contribution in [0.5, 0.6) is 0 Å². The van der Waals surface area contributed by atoms with Crippen LogP contribution in [0.2, 0.25) is 0 Å². The Balaban J connectivity index is 1.63. The predicted octanol–water partition coefficient (Wildman–Crippen LogP) is 4.40. The SMILES string of the molecule is Cc1c(N2CCC(F)(F)[C@H]2CNc2ncc(C(F)(F)F)cn2)ccc(C=O)c1-c1ncccn1. The second kappa shape index (κ2) is 8.92. The van der Waals surface area contributed by atoms with E-state index in [9.17, 15) is 26.7 Å². The van der Waals surface area contributed by atoms with Gasteiger partial charge in [0, 0.05) is 61.1 Å². The second-order valence-electron chi connectivity index (χ2n) is 7.76. The molecule has 1 N–H and O–H groups in total. The van der Waals surface area contributed by atoms with Gasteiger partial charge in [-0.1, -0.05) is 0 Å². The Morgan fingerprint density at radius 1 is 1.15 bits per heavy atom. The number of halogens is 5. The highest BCUT2D eigenvalue weighted by atomic mass is 19.4. The Bertz CT molecular complexity index is 1170. The lowest BCUT2D eigenvalue weighted by atomic mass is 9.98. The number of aldehydes is 1. The van der Waals surface area contributed by atoms with E-state index in [4.69, 9.17) is 0 Å². The summed E-state index contributed by atoms with van der Waals surface area (Å²) in [5, 5.41) is 2.62. The number of benzene rings is 1. The molecule has 1 aromatic carbocycles. The van der Waals surface area contributed by atoms with Crippen LogP contribution in [0.4, 0.5) is 33.6 Å². The smallest absolute Gasteiger partial charge is 0.360 e. The zero-order chi connectivity index (χ0) is 24.5. The normalized spacial score (nSPS) is 17.6. The topological polar surface area (TPSA) is 83.9 Å². The van der Waals surface area contributed by atoms with Gasteiger partial charge in [-0.3, -0.25) is 4.79 Å². The lowest BCUT2D eigenvalue weighted by Crippen LogP contribution is -2.44. The first kappa shape index (κ1) is 23.5. The number of nitrogens with one attached hydrogen (secondary N) is 1. The van der Waals surface area contributed by atoms with Crippen LogP contribution in [-0.2, 0) is 6.18 Å². The van der Waals surface area contributed by atoms with Gasteiger partial charge in [0.25, 0.3) is 5.92 Å². The van der Waals surface area contributed by atoms with Crippen LogP contribution < -0.4 is 10.2 Å². The van der Waals surface area contributed by atoms with E-state index in [-0.39, 0.29) is 19.0 Å². The summed E-state index contributed by atoms with van der Waals surface area (Å²) in [5.74, 6) is -2.98. The van der Waals surface area contributed by atoms with Crippen LogP contribution in [0, 0.1) is 6.92 Å². The highest BCUT2D eigenvalue weighted by Crippen LogP contribution is 2.41. The molecule has 3 heterocycles. The Hall–Kier alpha value is -3.70. The number of anilines is 2. The fraction of sp³-hybridized carbons (Fsp3) is 0.318. The van der Waals surface area contributed by atoms with Gasteiger partial charge in [-0.25, -0.2) is 28.7 Å². The number of hydrogen-bond donors (Lipinski definition) is 1. The van der Waals surface area contributed by atoms with Crippen LogP contribution in [0.1, 0.15) is 27.9 Å². The zero-order valence-electron chi connectivity index (χ0n) is 17.9. The summed E-state index contributed by atoms with van der Waals surface area (Å²) in [6.07, 6.45) is -0.142. The third-order valence-corrected chi connectivity index (χ3v) is 5.68. The minimum atomic E-state index is -4.60. The number of aromatic nitrogens is 4. The molecule has 34 heavy (non-hydrogen) atoms. The fourth-order valence-electron chi connectivity index (χ4n) is 3.98.